The Bertz CT molecular complexity index is 807. The smallest absolute Gasteiger partial charge is 0.256 e. The minimum atomic E-state index is -3.39. The Labute approximate surface area is 135 Å². The van der Waals surface area contributed by atoms with Gasteiger partial charge in [0.25, 0.3) is 15.9 Å². The van der Waals surface area contributed by atoms with E-state index in [1.165, 1.54) is 6.08 Å². The summed E-state index contributed by atoms with van der Waals surface area (Å²) in [4.78, 5) is 13.8. The van der Waals surface area contributed by atoms with Crippen molar-refractivity contribution in [1.29, 1.82) is 0 Å². The van der Waals surface area contributed by atoms with Gasteiger partial charge in [0.05, 0.1) is 17.9 Å². The van der Waals surface area contributed by atoms with Crippen LogP contribution in [0.4, 0.5) is 0 Å². The molecule has 3 rings (SSSR count). The maximum Gasteiger partial charge on any atom is 0.256 e. The maximum absolute atomic E-state index is 12.1. The van der Waals surface area contributed by atoms with E-state index in [1.807, 2.05) is 0 Å². The Morgan fingerprint density at radius 2 is 2.23 bits per heavy atom. The normalized spacial score (nSPS) is 19.2. The quantitative estimate of drug-likeness (QED) is 0.842. The zero-order valence-electron chi connectivity index (χ0n) is 11.3. The van der Waals surface area contributed by atoms with Crippen LogP contribution in [0.1, 0.15) is 5.76 Å². The molecular weight excluding hydrogens is 374 g/mol. The summed E-state index contributed by atoms with van der Waals surface area (Å²) < 4.78 is 32.4. The Hall–Kier alpha value is -1.87. The fourth-order valence-corrected chi connectivity index (χ4v) is 3.36. The van der Waals surface area contributed by atoms with Crippen molar-refractivity contribution in [3.63, 3.8) is 0 Å². The van der Waals surface area contributed by atoms with Gasteiger partial charge < -0.3 is 14.6 Å². The molecule has 7 nitrogen and oxygen atoms in total. The van der Waals surface area contributed by atoms with Crippen LogP contribution in [0.15, 0.2) is 49.5 Å². The summed E-state index contributed by atoms with van der Waals surface area (Å²) in [5.74, 6) is 0.636. The molecule has 22 heavy (non-hydrogen) atoms. The Kier molecular flexibility index (Phi) is 3.92. The van der Waals surface area contributed by atoms with Gasteiger partial charge in [-0.05, 0) is 40.2 Å². The molecule has 0 aromatic carbocycles. The molecule has 0 radical (unpaired) electrons. The van der Waals surface area contributed by atoms with Crippen molar-refractivity contribution in [3.05, 3.63) is 46.5 Å². The fourth-order valence-electron chi connectivity index (χ4n) is 2.05. The Morgan fingerprint density at radius 1 is 1.41 bits per heavy atom. The van der Waals surface area contributed by atoms with Crippen molar-refractivity contribution in [1.82, 2.24) is 10.2 Å². The van der Waals surface area contributed by atoms with Gasteiger partial charge in [0.15, 0.2) is 4.67 Å². The molecule has 9 heteroatoms. The van der Waals surface area contributed by atoms with E-state index in [4.69, 9.17) is 4.42 Å². The van der Waals surface area contributed by atoms with Gasteiger partial charge >= 0.3 is 0 Å². The van der Waals surface area contributed by atoms with Crippen LogP contribution in [0.25, 0.3) is 0 Å². The summed E-state index contributed by atoms with van der Waals surface area (Å²) >= 11 is 3.19. The number of hydrogen-bond donors (Lipinski definition) is 1. The molecule has 0 fully saturated rings. The van der Waals surface area contributed by atoms with E-state index in [1.54, 1.807) is 29.3 Å². The van der Waals surface area contributed by atoms with E-state index in [9.17, 15) is 13.2 Å². The number of carbonyl (C=O) groups excluding carboxylic acids is 1. The molecule has 0 unspecified atom stereocenters. The first-order valence-electron chi connectivity index (χ1n) is 6.44. The van der Waals surface area contributed by atoms with Gasteiger partial charge in [-0.2, -0.15) is 0 Å². The molecule has 1 aromatic rings. The molecule has 0 saturated heterocycles. The van der Waals surface area contributed by atoms with E-state index in [2.05, 4.69) is 25.6 Å². The third-order valence-electron chi connectivity index (χ3n) is 3.14. The SMILES string of the molecule is O=C(NCc1ccc(Br)o1)C1=CN2CCS(=O)(=O)N=C2C=C1. The van der Waals surface area contributed by atoms with Gasteiger partial charge in [-0.25, -0.2) is 8.42 Å². The van der Waals surface area contributed by atoms with Crippen LogP contribution in [0.3, 0.4) is 0 Å². The first-order chi connectivity index (χ1) is 10.4. The predicted octanol–water partition coefficient (Wildman–Crippen LogP) is 1.16. The highest BCUT2D eigenvalue weighted by molar-refractivity contribution is 9.10. The van der Waals surface area contributed by atoms with Crippen molar-refractivity contribution >= 4 is 37.7 Å². The molecular formula is C13H12BrN3O4S. The first-order valence-corrected chi connectivity index (χ1v) is 8.85. The summed E-state index contributed by atoms with van der Waals surface area (Å²) in [7, 11) is -3.39. The zero-order chi connectivity index (χ0) is 15.7. The summed E-state index contributed by atoms with van der Waals surface area (Å²) in [6.45, 7) is 0.554. The number of amides is 1. The van der Waals surface area contributed by atoms with Gasteiger partial charge in [0, 0.05) is 12.7 Å². The minimum Gasteiger partial charge on any atom is -0.452 e. The van der Waals surface area contributed by atoms with E-state index in [-0.39, 0.29) is 24.7 Å². The lowest BCUT2D eigenvalue weighted by atomic mass is 10.2. The fraction of sp³-hybridized carbons (Fsp3) is 0.231. The van der Waals surface area contributed by atoms with Crippen molar-refractivity contribution in [2.24, 2.45) is 4.40 Å². The molecule has 0 bridgehead atoms. The van der Waals surface area contributed by atoms with E-state index >= 15 is 0 Å². The second kappa shape index (κ2) is 5.73. The second-order valence-corrected chi connectivity index (χ2v) is 7.27. The van der Waals surface area contributed by atoms with Gasteiger partial charge in [0.1, 0.15) is 11.6 Å². The van der Waals surface area contributed by atoms with Crippen LogP contribution in [-0.4, -0.2) is 37.4 Å². The number of amidine groups is 1. The third-order valence-corrected chi connectivity index (χ3v) is 4.73. The molecule has 0 spiro atoms. The first kappa shape index (κ1) is 15.0. The van der Waals surface area contributed by atoms with Crippen LogP contribution in [0.5, 0.6) is 0 Å². The molecule has 2 aliphatic heterocycles. The van der Waals surface area contributed by atoms with Crippen LogP contribution >= 0.6 is 15.9 Å². The van der Waals surface area contributed by atoms with Gasteiger partial charge in [0.2, 0.25) is 0 Å². The van der Waals surface area contributed by atoms with Gasteiger partial charge in [-0.1, -0.05) is 0 Å². The molecule has 116 valence electrons. The van der Waals surface area contributed by atoms with Crippen LogP contribution in [-0.2, 0) is 21.4 Å². The number of nitrogens with zero attached hydrogens (tertiary/aromatic N) is 2. The molecule has 1 aromatic heterocycles. The van der Waals surface area contributed by atoms with Gasteiger partial charge in [-0.15, -0.1) is 4.40 Å². The Morgan fingerprint density at radius 3 is 2.95 bits per heavy atom. The summed E-state index contributed by atoms with van der Waals surface area (Å²) in [6.07, 6.45) is 4.67. The highest BCUT2D eigenvalue weighted by Gasteiger charge is 2.24. The number of furan rings is 1. The number of fused-ring (bicyclic) bond motifs is 1. The summed E-state index contributed by atoms with van der Waals surface area (Å²) in [5.41, 5.74) is 0.434. The maximum atomic E-state index is 12.1. The number of halogens is 1. The molecule has 1 amide bonds. The summed E-state index contributed by atoms with van der Waals surface area (Å²) in [5, 5.41) is 2.74. The largest absolute Gasteiger partial charge is 0.452 e. The number of rotatable bonds is 3. The number of sulfonamides is 1. The Balaban J connectivity index is 1.67. The van der Waals surface area contributed by atoms with E-state index < -0.39 is 10.0 Å². The standard InChI is InChI=1S/C13H12BrN3O4S/c14-11-3-2-10(21-11)7-15-13(18)9-1-4-12-16-22(19,20)6-5-17(12)8-9/h1-4,8H,5-7H2,(H,15,18). The lowest BCUT2D eigenvalue weighted by Crippen LogP contribution is -2.38. The van der Waals surface area contributed by atoms with Crippen molar-refractivity contribution < 1.29 is 17.6 Å². The molecule has 3 heterocycles. The average Bonchev–Trinajstić information content (AvgIpc) is 2.89. The van der Waals surface area contributed by atoms with Crippen LogP contribution in [0.2, 0.25) is 0 Å². The second-order valence-electron chi connectivity index (χ2n) is 4.74. The molecule has 2 aliphatic rings. The highest BCUT2D eigenvalue weighted by Crippen LogP contribution is 2.17. The van der Waals surface area contributed by atoms with E-state index in [0.717, 1.165) is 0 Å². The summed E-state index contributed by atoms with van der Waals surface area (Å²) in [6, 6.07) is 3.51. The van der Waals surface area contributed by atoms with Crippen molar-refractivity contribution in [2.75, 3.05) is 12.3 Å². The average molecular weight is 386 g/mol. The third kappa shape index (κ3) is 3.30. The minimum absolute atomic E-state index is 0.0594. The molecule has 1 N–H and O–H groups in total. The molecule has 0 atom stereocenters. The predicted molar refractivity (Wildman–Crippen MR) is 83.4 cm³/mol. The number of hydrogen-bond acceptors (Lipinski definition) is 5. The van der Waals surface area contributed by atoms with E-state index in [0.29, 0.717) is 21.8 Å². The molecule has 0 aliphatic carbocycles. The van der Waals surface area contributed by atoms with Crippen LogP contribution < -0.4 is 5.32 Å². The highest BCUT2D eigenvalue weighted by atomic mass is 79.9. The topological polar surface area (TPSA) is 92.0 Å². The monoisotopic (exact) mass is 385 g/mol. The van der Waals surface area contributed by atoms with Crippen LogP contribution in [0, 0.1) is 0 Å². The number of nitrogens with one attached hydrogen (secondary N) is 1. The molecule has 0 saturated carbocycles. The van der Waals surface area contributed by atoms with Crippen molar-refractivity contribution in [2.45, 2.75) is 6.54 Å². The lowest BCUT2D eigenvalue weighted by molar-refractivity contribution is -0.117. The number of carbonyl (C=O) groups is 1. The lowest BCUT2D eigenvalue weighted by Gasteiger charge is -2.26. The van der Waals surface area contributed by atoms with Crippen molar-refractivity contribution in [3.8, 4) is 0 Å². The van der Waals surface area contributed by atoms with Gasteiger partial charge in [-0.3, -0.25) is 4.79 Å². The zero-order valence-corrected chi connectivity index (χ0v) is 13.7.